The van der Waals surface area contributed by atoms with E-state index in [1.54, 1.807) is 12.3 Å². The molecule has 0 aliphatic carbocycles. The molecule has 0 unspecified atom stereocenters. The third kappa shape index (κ3) is 3.77. The third-order valence-corrected chi connectivity index (χ3v) is 3.66. The van der Waals surface area contributed by atoms with Gasteiger partial charge in [0.05, 0.1) is 21.3 Å². The number of aromatic nitrogens is 1. The van der Waals surface area contributed by atoms with E-state index in [1.807, 2.05) is 0 Å². The summed E-state index contributed by atoms with van der Waals surface area (Å²) >= 11 is 7.01. The van der Waals surface area contributed by atoms with Crippen molar-refractivity contribution in [3.8, 4) is 0 Å². The van der Waals surface area contributed by atoms with Crippen LogP contribution in [0, 0.1) is 17.0 Å². The van der Waals surface area contributed by atoms with Crippen LogP contribution in [0.1, 0.15) is 5.69 Å². The number of hydrogen-bond donors (Lipinski definition) is 2. The van der Waals surface area contributed by atoms with Crippen LogP contribution in [0.2, 0.25) is 5.02 Å². The Hall–Kier alpha value is -2.52. The fraction of sp³-hybridized carbons (Fsp3) is 0.0833. The number of anilines is 2. The van der Waals surface area contributed by atoms with Gasteiger partial charge in [0.25, 0.3) is 5.69 Å². The molecule has 2 rings (SSSR count). The normalized spacial score (nSPS) is 10.1. The molecule has 8 nitrogen and oxygen atoms in total. The first-order valence-corrected chi connectivity index (χ1v) is 7.11. The number of nitrogens with one attached hydrogen (secondary N) is 2. The maximum Gasteiger partial charge on any atom is 0.315 e. The summed E-state index contributed by atoms with van der Waals surface area (Å²) in [5.74, 6) is -1.95. The second-order valence-corrected chi connectivity index (χ2v) is 5.39. The molecular weight excluding hydrogens is 332 g/mol. The molecule has 0 saturated heterocycles. The first-order chi connectivity index (χ1) is 10.4. The fourth-order valence-electron chi connectivity index (χ4n) is 1.47. The minimum atomic E-state index is -1.00. The van der Waals surface area contributed by atoms with E-state index in [0.717, 1.165) is 6.07 Å². The Kier molecular flexibility index (Phi) is 4.68. The predicted octanol–water partition coefficient (Wildman–Crippen LogP) is 2.59. The Bertz CT molecular complexity index is 761. The highest BCUT2D eigenvalue weighted by Crippen LogP contribution is 2.26. The van der Waals surface area contributed by atoms with Gasteiger partial charge in [-0.2, -0.15) is 0 Å². The highest BCUT2D eigenvalue weighted by Gasteiger charge is 2.18. The number of carbonyl (C=O) groups excluding carboxylic acids is 2. The molecule has 1 aromatic heterocycles. The summed E-state index contributed by atoms with van der Waals surface area (Å²) in [4.78, 5) is 37.5. The second kappa shape index (κ2) is 6.50. The van der Waals surface area contributed by atoms with E-state index in [2.05, 4.69) is 15.6 Å². The maximum atomic E-state index is 11.8. The van der Waals surface area contributed by atoms with Gasteiger partial charge in [-0.15, -0.1) is 11.3 Å². The predicted molar refractivity (Wildman–Crippen MR) is 82.2 cm³/mol. The topological polar surface area (TPSA) is 114 Å². The molecule has 114 valence electrons. The molecule has 0 spiro atoms. The number of nitro groups is 1. The molecule has 2 N–H and O–H groups in total. The Morgan fingerprint density at radius 3 is 2.59 bits per heavy atom. The van der Waals surface area contributed by atoms with Crippen LogP contribution in [0.3, 0.4) is 0 Å². The van der Waals surface area contributed by atoms with Gasteiger partial charge < -0.3 is 5.32 Å². The summed E-state index contributed by atoms with van der Waals surface area (Å²) in [5, 5.41) is 17.3. The third-order valence-electron chi connectivity index (χ3n) is 2.45. The molecule has 0 saturated carbocycles. The van der Waals surface area contributed by atoms with Crippen LogP contribution in [-0.2, 0) is 9.59 Å². The molecular formula is C12H9ClN4O4S. The van der Waals surface area contributed by atoms with Crippen molar-refractivity contribution in [1.29, 1.82) is 0 Å². The minimum Gasteiger partial charge on any atom is -0.316 e. The number of hydrogen-bond acceptors (Lipinski definition) is 6. The number of benzene rings is 1. The van der Waals surface area contributed by atoms with Crippen molar-refractivity contribution in [2.75, 3.05) is 10.6 Å². The van der Waals surface area contributed by atoms with Crippen molar-refractivity contribution >= 4 is 51.3 Å². The van der Waals surface area contributed by atoms with E-state index in [0.29, 0.717) is 5.69 Å². The van der Waals surface area contributed by atoms with Crippen molar-refractivity contribution in [3.05, 3.63) is 44.4 Å². The lowest BCUT2D eigenvalue weighted by atomic mass is 10.2. The van der Waals surface area contributed by atoms with Crippen molar-refractivity contribution in [3.63, 3.8) is 0 Å². The molecule has 0 radical (unpaired) electrons. The van der Waals surface area contributed by atoms with E-state index in [9.17, 15) is 19.7 Å². The molecule has 0 fully saturated rings. The fourth-order valence-corrected chi connectivity index (χ4v) is 2.31. The average molecular weight is 341 g/mol. The van der Waals surface area contributed by atoms with Crippen LogP contribution in [-0.4, -0.2) is 21.7 Å². The number of halogens is 1. The molecule has 22 heavy (non-hydrogen) atoms. The van der Waals surface area contributed by atoms with Gasteiger partial charge >= 0.3 is 11.8 Å². The quantitative estimate of drug-likeness (QED) is 0.506. The summed E-state index contributed by atoms with van der Waals surface area (Å²) < 4.78 is 0. The summed E-state index contributed by atoms with van der Waals surface area (Å²) in [6.07, 6.45) is 0. The lowest BCUT2D eigenvalue weighted by Gasteiger charge is -2.06. The zero-order valence-electron chi connectivity index (χ0n) is 11.1. The smallest absolute Gasteiger partial charge is 0.315 e. The Labute approximate surface area is 133 Å². The van der Waals surface area contributed by atoms with E-state index in [1.165, 1.54) is 23.5 Å². The molecule has 2 amide bonds. The number of nitro benzene ring substituents is 1. The molecule has 0 atom stereocenters. The number of nitrogens with zero attached hydrogens (tertiary/aromatic N) is 2. The van der Waals surface area contributed by atoms with E-state index in [-0.39, 0.29) is 21.5 Å². The first kappa shape index (κ1) is 15.9. The zero-order valence-corrected chi connectivity index (χ0v) is 12.7. The molecule has 1 aromatic carbocycles. The number of non-ortho nitro benzene ring substituents is 1. The lowest BCUT2D eigenvalue weighted by molar-refractivity contribution is -0.384. The van der Waals surface area contributed by atoms with E-state index in [4.69, 9.17) is 11.6 Å². The monoisotopic (exact) mass is 340 g/mol. The summed E-state index contributed by atoms with van der Waals surface area (Å²) in [6, 6.07) is 3.52. The average Bonchev–Trinajstić information content (AvgIpc) is 2.86. The SMILES string of the molecule is Cc1csc(NC(=O)C(=O)Nc2cc([N+](=O)[O-])ccc2Cl)n1. The van der Waals surface area contributed by atoms with Crippen LogP contribution in [0.25, 0.3) is 0 Å². The van der Waals surface area contributed by atoms with Crippen molar-refractivity contribution in [2.24, 2.45) is 0 Å². The van der Waals surface area contributed by atoms with Crippen LogP contribution in [0.15, 0.2) is 23.6 Å². The van der Waals surface area contributed by atoms with Crippen molar-refractivity contribution in [1.82, 2.24) is 4.98 Å². The highest BCUT2D eigenvalue weighted by atomic mass is 35.5. The molecule has 0 bridgehead atoms. The molecule has 0 aliphatic heterocycles. The summed E-state index contributed by atoms with van der Waals surface area (Å²) in [6.45, 7) is 1.75. The summed E-state index contributed by atoms with van der Waals surface area (Å²) in [7, 11) is 0. The number of thiazole rings is 1. The van der Waals surface area contributed by atoms with Crippen LogP contribution >= 0.6 is 22.9 Å². The van der Waals surface area contributed by atoms with Gasteiger partial charge in [-0.3, -0.25) is 25.0 Å². The molecule has 10 heteroatoms. The first-order valence-electron chi connectivity index (χ1n) is 5.85. The Balaban J connectivity index is 2.09. The summed E-state index contributed by atoms with van der Waals surface area (Å²) in [5.41, 5.74) is 0.435. The zero-order chi connectivity index (χ0) is 16.3. The highest BCUT2D eigenvalue weighted by molar-refractivity contribution is 7.14. The maximum absolute atomic E-state index is 11.8. The van der Waals surface area contributed by atoms with Gasteiger partial charge in [-0.1, -0.05) is 11.6 Å². The van der Waals surface area contributed by atoms with Gasteiger partial charge in [-0.25, -0.2) is 4.98 Å². The Morgan fingerprint density at radius 1 is 1.32 bits per heavy atom. The van der Waals surface area contributed by atoms with Gasteiger partial charge in [0.1, 0.15) is 0 Å². The van der Waals surface area contributed by atoms with Crippen molar-refractivity contribution < 1.29 is 14.5 Å². The second-order valence-electron chi connectivity index (χ2n) is 4.12. The van der Waals surface area contributed by atoms with Gasteiger partial charge in [0, 0.05) is 17.5 Å². The van der Waals surface area contributed by atoms with Gasteiger partial charge in [-0.05, 0) is 13.0 Å². The molecule has 0 aliphatic rings. The molecule has 2 aromatic rings. The standard InChI is InChI=1S/C12H9ClN4O4S/c1-6-5-22-12(14-6)16-11(19)10(18)15-9-4-7(17(20)21)2-3-8(9)13/h2-5H,1H3,(H,15,18)(H,14,16,19). The van der Waals surface area contributed by atoms with Crippen molar-refractivity contribution in [2.45, 2.75) is 6.92 Å². The van der Waals surface area contributed by atoms with Crippen LogP contribution in [0.5, 0.6) is 0 Å². The van der Waals surface area contributed by atoms with Gasteiger partial charge in [0.15, 0.2) is 5.13 Å². The van der Waals surface area contributed by atoms with E-state index < -0.39 is 16.7 Å². The number of aryl methyl sites for hydroxylation is 1. The Morgan fingerprint density at radius 2 is 2.00 bits per heavy atom. The van der Waals surface area contributed by atoms with Crippen LogP contribution < -0.4 is 10.6 Å². The van der Waals surface area contributed by atoms with Gasteiger partial charge in [0.2, 0.25) is 0 Å². The number of amides is 2. The minimum absolute atomic E-state index is 0.0219. The van der Waals surface area contributed by atoms with E-state index >= 15 is 0 Å². The van der Waals surface area contributed by atoms with Crippen LogP contribution in [0.4, 0.5) is 16.5 Å². The molecule has 1 heterocycles. The largest absolute Gasteiger partial charge is 0.316 e. The number of rotatable bonds is 3. The lowest BCUT2D eigenvalue weighted by Crippen LogP contribution is -2.29. The number of carbonyl (C=O) groups is 2.